The summed E-state index contributed by atoms with van der Waals surface area (Å²) < 4.78 is 5.72. The Labute approximate surface area is 145 Å². The van der Waals surface area contributed by atoms with Crippen molar-refractivity contribution in [2.24, 2.45) is 0 Å². The van der Waals surface area contributed by atoms with Gasteiger partial charge in [0.2, 0.25) is 0 Å². The summed E-state index contributed by atoms with van der Waals surface area (Å²) in [6.45, 7) is 4.55. The molecule has 1 heterocycles. The van der Waals surface area contributed by atoms with Crippen LogP contribution < -0.4 is 4.74 Å². The van der Waals surface area contributed by atoms with Gasteiger partial charge in [-0.25, -0.2) is 0 Å². The smallest absolute Gasteiger partial charge is 0.260 e. The van der Waals surface area contributed by atoms with E-state index in [1.807, 2.05) is 43.1 Å². The van der Waals surface area contributed by atoms with Crippen molar-refractivity contribution in [3.63, 3.8) is 0 Å². The van der Waals surface area contributed by atoms with E-state index in [0.717, 1.165) is 17.7 Å². The third-order valence-electron chi connectivity index (χ3n) is 5.55. The van der Waals surface area contributed by atoms with E-state index >= 15 is 0 Å². The minimum absolute atomic E-state index is 0.0904. The Morgan fingerprint density at radius 2 is 1.96 bits per heavy atom. The molecule has 2 unspecified atom stereocenters. The van der Waals surface area contributed by atoms with Crippen LogP contribution >= 0.6 is 0 Å². The lowest BCUT2D eigenvalue weighted by molar-refractivity contribution is -0.136. The number of aryl methyl sites for hydroxylation is 1. The normalized spacial score (nSPS) is 24.8. The fraction of sp³-hybridized carbons (Fsp3) is 0.650. The molecule has 2 fully saturated rings. The topological polar surface area (TPSA) is 32.8 Å². The zero-order valence-electron chi connectivity index (χ0n) is 15.0. The number of ether oxygens (including phenoxy) is 1. The SMILES string of the molecule is Cc1cccc(OCC(=O)N(C)C2CCCCC2N2CCCC2)c1. The Kier molecular flexibility index (Phi) is 5.77. The summed E-state index contributed by atoms with van der Waals surface area (Å²) in [5, 5.41) is 0. The molecule has 24 heavy (non-hydrogen) atoms. The highest BCUT2D eigenvalue weighted by Gasteiger charge is 2.35. The van der Waals surface area contributed by atoms with Crippen molar-refractivity contribution in [2.45, 2.75) is 57.5 Å². The van der Waals surface area contributed by atoms with Gasteiger partial charge in [0, 0.05) is 19.1 Å². The average molecular weight is 330 g/mol. The molecule has 0 N–H and O–H groups in total. The summed E-state index contributed by atoms with van der Waals surface area (Å²) in [4.78, 5) is 17.2. The van der Waals surface area contributed by atoms with Crippen LogP contribution in [0, 0.1) is 6.92 Å². The maximum absolute atomic E-state index is 12.6. The predicted octanol–water partition coefficient (Wildman–Crippen LogP) is 3.24. The molecular weight excluding hydrogens is 300 g/mol. The van der Waals surface area contributed by atoms with E-state index in [9.17, 15) is 4.79 Å². The lowest BCUT2D eigenvalue weighted by Crippen LogP contribution is -2.53. The van der Waals surface area contributed by atoms with Gasteiger partial charge in [-0.15, -0.1) is 0 Å². The first-order valence-corrected chi connectivity index (χ1v) is 9.34. The number of hydrogen-bond donors (Lipinski definition) is 0. The van der Waals surface area contributed by atoms with Crippen LogP contribution in [0.15, 0.2) is 24.3 Å². The third-order valence-corrected chi connectivity index (χ3v) is 5.55. The quantitative estimate of drug-likeness (QED) is 0.831. The standard InChI is InChI=1S/C20H30N2O2/c1-16-8-7-9-17(14-16)24-15-20(23)21(2)18-10-3-4-11-19(18)22-12-5-6-13-22/h7-9,14,18-19H,3-6,10-13,15H2,1-2H3. The molecule has 1 aromatic carbocycles. The van der Waals surface area contributed by atoms with Crippen molar-refractivity contribution < 1.29 is 9.53 Å². The zero-order chi connectivity index (χ0) is 16.9. The number of amides is 1. The maximum atomic E-state index is 12.6. The molecule has 1 aromatic rings. The summed E-state index contributed by atoms with van der Waals surface area (Å²) in [6, 6.07) is 8.75. The van der Waals surface area contributed by atoms with Gasteiger partial charge < -0.3 is 9.64 Å². The Morgan fingerprint density at radius 3 is 2.71 bits per heavy atom. The summed E-state index contributed by atoms with van der Waals surface area (Å²) in [5.41, 5.74) is 1.15. The number of carbonyl (C=O) groups excluding carboxylic acids is 1. The molecule has 4 nitrogen and oxygen atoms in total. The van der Waals surface area contributed by atoms with Gasteiger partial charge in [0.1, 0.15) is 5.75 Å². The van der Waals surface area contributed by atoms with E-state index in [4.69, 9.17) is 4.74 Å². The number of carbonyl (C=O) groups is 1. The van der Waals surface area contributed by atoms with Crippen LogP contribution in [0.3, 0.4) is 0 Å². The molecule has 0 radical (unpaired) electrons. The first-order chi connectivity index (χ1) is 11.6. The van der Waals surface area contributed by atoms with Crippen LogP contribution in [-0.4, -0.2) is 54.5 Å². The second-order valence-electron chi connectivity index (χ2n) is 7.27. The van der Waals surface area contributed by atoms with Crippen LogP contribution in [0.25, 0.3) is 0 Å². The Morgan fingerprint density at radius 1 is 1.21 bits per heavy atom. The molecule has 1 aliphatic heterocycles. The van der Waals surface area contributed by atoms with Crippen molar-refractivity contribution in [1.82, 2.24) is 9.80 Å². The summed E-state index contributed by atoms with van der Waals surface area (Å²) in [6.07, 6.45) is 7.47. The summed E-state index contributed by atoms with van der Waals surface area (Å²) in [7, 11) is 1.96. The van der Waals surface area contributed by atoms with Gasteiger partial charge in [-0.1, -0.05) is 25.0 Å². The van der Waals surface area contributed by atoms with Crippen LogP contribution in [0.2, 0.25) is 0 Å². The number of likely N-dealkylation sites (N-methyl/N-ethyl adjacent to an activating group) is 1. The number of nitrogens with zero attached hydrogens (tertiary/aromatic N) is 2. The van der Waals surface area contributed by atoms with Crippen LogP contribution in [0.1, 0.15) is 44.1 Å². The molecule has 2 atom stereocenters. The van der Waals surface area contributed by atoms with Crippen LogP contribution in [-0.2, 0) is 4.79 Å². The first kappa shape index (κ1) is 17.3. The van der Waals surface area contributed by atoms with E-state index < -0.39 is 0 Å². The van der Waals surface area contributed by atoms with E-state index in [1.165, 1.54) is 45.2 Å². The molecule has 132 valence electrons. The lowest BCUT2D eigenvalue weighted by Gasteiger charge is -2.42. The molecule has 4 heteroatoms. The summed E-state index contributed by atoms with van der Waals surface area (Å²) in [5.74, 6) is 0.865. The Hall–Kier alpha value is -1.55. The number of rotatable bonds is 5. The van der Waals surface area contributed by atoms with E-state index in [0.29, 0.717) is 12.1 Å². The van der Waals surface area contributed by atoms with Gasteiger partial charge in [0.15, 0.2) is 6.61 Å². The molecule has 2 aliphatic rings. The van der Waals surface area contributed by atoms with Crippen molar-refractivity contribution in [3.8, 4) is 5.75 Å². The van der Waals surface area contributed by atoms with Gasteiger partial charge in [0.25, 0.3) is 5.91 Å². The average Bonchev–Trinajstić information content (AvgIpc) is 3.13. The Bertz CT molecular complexity index is 554. The van der Waals surface area contributed by atoms with Gasteiger partial charge >= 0.3 is 0 Å². The highest BCUT2D eigenvalue weighted by Crippen LogP contribution is 2.29. The molecule has 1 amide bonds. The highest BCUT2D eigenvalue weighted by atomic mass is 16.5. The van der Waals surface area contributed by atoms with Gasteiger partial charge in [0.05, 0.1) is 0 Å². The molecule has 1 saturated carbocycles. The van der Waals surface area contributed by atoms with Gasteiger partial charge in [-0.3, -0.25) is 9.69 Å². The predicted molar refractivity (Wildman–Crippen MR) is 96.3 cm³/mol. The maximum Gasteiger partial charge on any atom is 0.260 e. The minimum Gasteiger partial charge on any atom is -0.484 e. The molecule has 1 saturated heterocycles. The molecule has 3 rings (SSSR count). The van der Waals surface area contributed by atoms with Gasteiger partial charge in [-0.2, -0.15) is 0 Å². The van der Waals surface area contributed by atoms with Crippen molar-refractivity contribution >= 4 is 5.91 Å². The fourth-order valence-corrected chi connectivity index (χ4v) is 4.18. The fourth-order valence-electron chi connectivity index (χ4n) is 4.18. The van der Waals surface area contributed by atoms with Crippen LogP contribution in [0.4, 0.5) is 0 Å². The highest BCUT2D eigenvalue weighted by molar-refractivity contribution is 5.78. The van der Waals surface area contributed by atoms with E-state index in [-0.39, 0.29) is 12.5 Å². The van der Waals surface area contributed by atoms with Gasteiger partial charge in [-0.05, 0) is 63.4 Å². The minimum atomic E-state index is 0.0904. The molecule has 1 aliphatic carbocycles. The van der Waals surface area contributed by atoms with E-state index in [1.54, 1.807) is 0 Å². The largest absolute Gasteiger partial charge is 0.484 e. The molecule has 0 bridgehead atoms. The third kappa shape index (κ3) is 4.10. The zero-order valence-corrected chi connectivity index (χ0v) is 15.0. The van der Waals surface area contributed by atoms with E-state index in [2.05, 4.69) is 4.90 Å². The lowest BCUT2D eigenvalue weighted by atomic mass is 9.88. The summed E-state index contributed by atoms with van der Waals surface area (Å²) >= 11 is 0. The second kappa shape index (κ2) is 8.02. The monoisotopic (exact) mass is 330 g/mol. The van der Waals surface area contributed by atoms with Crippen molar-refractivity contribution in [3.05, 3.63) is 29.8 Å². The van der Waals surface area contributed by atoms with Crippen molar-refractivity contribution in [1.29, 1.82) is 0 Å². The van der Waals surface area contributed by atoms with Crippen molar-refractivity contribution in [2.75, 3.05) is 26.7 Å². The second-order valence-corrected chi connectivity index (χ2v) is 7.27. The first-order valence-electron chi connectivity index (χ1n) is 9.34. The number of likely N-dealkylation sites (tertiary alicyclic amines) is 1. The molecular formula is C20H30N2O2. The van der Waals surface area contributed by atoms with Crippen LogP contribution in [0.5, 0.6) is 5.75 Å². The molecule has 0 spiro atoms. The number of hydrogen-bond acceptors (Lipinski definition) is 3. The number of benzene rings is 1. The Balaban J connectivity index is 1.58. The molecule has 0 aromatic heterocycles.